The molecule has 3 N–H and O–H groups in total. The van der Waals surface area contributed by atoms with Crippen molar-refractivity contribution in [3.8, 4) is 0 Å². The van der Waals surface area contributed by atoms with Gasteiger partial charge in [-0.2, -0.15) is 10.2 Å². The molecule has 0 radical (unpaired) electrons. The number of urea groups is 1. The van der Waals surface area contributed by atoms with Crippen molar-refractivity contribution < 1.29 is 4.79 Å². The monoisotopic (exact) mass is 291 g/mol. The Morgan fingerprint density at radius 3 is 2.81 bits per heavy atom. The molecule has 0 saturated carbocycles. The van der Waals surface area contributed by atoms with Gasteiger partial charge in [0.1, 0.15) is 11.6 Å². The highest BCUT2D eigenvalue weighted by atomic mass is 16.2. The third kappa shape index (κ3) is 3.59. The maximum atomic E-state index is 12.1. The fourth-order valence-electron chi connectivity index (χ4n) is 2.00. The molecule has 0 fully saturated rings. The van der Waals surface area contributed by atoms with Crippen LogP contribution in [0.15, 0.2) is 12.3 Å². The largest absolute Gasteiger partial charge is 0.328 e. The highest BCUT2D eigenvalue weighted by molar-refractivity contribution is 5.88. The van der Waals surface area contributed by atoms with Gasteiger partial charge < -0.3 is 5.32 Å². The zero-order chi connectivity index (χ0) is 15.4. The molecule has 8 heteroatoms. The van der Waals surface area contributed by atoms with Gasteiger partial charge in [0.15, 0.2) is 5.82 Å². The molecule has 21 heavy (non-hydrogen) atoms. The molecule has 0 aliphatic heterocycles. The lowest BCUT2D eigenvalue weighted by molar-refractivity contribution is 0.247. The molecule has 2 heterocycles. The molecule has 2 aromatic rings. The van der Waals surface area contributed by atoms with Gasteiger partial charge in [-0.05, 0) is 27.2 Å². The summed E-state index contributed by atoms with van der Waals surface area (Å²) in [4.78, 5) is 16.4. The number of rotatable bonds is 5. The Hall–Kier alpha value is -2.38. The van der Waals surface area contributed by atoms with Gasteiger partial charge in [0.25, 0.3) is 0 Å². The van der Waals surface area contributed by atoms with Crippen molar-refractivity contribution in [2.24, 2.45) is 0 Å². The molecular formula is C13H21N7O. The smallest absolute Gasteiger partial charge is 0.320 e. The Kier molecular flexibility index (Phi) is 4.56. The maximum Gasteiger partial charge on any atom is 0.320 e. The highest BCUT2D eigenvalue weighted by Crippen LogP contribution is 2.15. The lowest BCUT2D eigenvalue weighted by Gasteiger charge is -2.16. The molecule has 1 atom stereocenters. The number of nitrogens with one attached hydrogen (secondary N) is 3. The summed E-state index contributed by atoms with van der Waals surface area (Å²) in [6.45, 7) is 7.79. The molecule has 114 valence electrons. The van der Waals surface area contributed by atoms with E-state index in [1.54, 1.807) is 16.9 Å². The minimum absolute atomic E-state index is 0.174. The standard InChI is InChI=1S/C13H21N7O/c1-5-10(12-15-9(4)18-19-12)16-13(21)17-11-6-7-14-20(11)8(2)3/h6-8,10H,5H2,1-4H3,(H,15,18,19)(H2,16,17,21). The quantitative estimate of drug-likeness (QED) is 0.785. The van der Waals surface area contributed by atoms with Gasteiger partial charge in [-0.15, -0.1) is 0 Å². The van der Waals surface area contributed by atoms with E-state index >= 15 is 0 Å². The van der Waals surface area contributed by atoms with Crippen molar-refractivity contribution in [1.82, 2.24) is 30.3 Å². The Balaban J connectivity index is 2.01. The predicted molar refractivity (Wildman–Crippen MR) is 78.9 cm³/mol. The third-order valence-corrected chi connectivity index (χ3v) is 3.04. The summed E-state index contributed by atoms with van der Waals surface area (Å²) in [5.41, 5.74) is 0. The number of amides is 2. The molecule has 0 aromatic carbocycles. The molecule has 0 bridgehead atoms. The number of hydrogen-bond acceptors (Lipinski definition) is 4. The normalized spacial score (nSPS) is 12.4. The lowest BCUT2D eigenvalue weighted by Crippen LogP contribution is -2.33. The van der Waals surface area contributed by atoms with Crippen LogP contribution in [0.2, 0.25) is 0 Å². The molecular weight excluding hydrogens is 270 g/mol. The number of H-pyrrole nitrogens is 1. The number of hydrogen-bond donors (Lipinski definition) is 3. The van der Waals surface area contributed by atoms with Crippen LogP contribution >= 0.6 is 0 Å². The van der Waals surface area contributed by atoms with E-state index in [9.17, 15) is 4.79 Å². The van der Waals surface area contributed by atoms with E-state index in [4.69, 9.17) is 0 Å². The van der Waals surface area contributed by atoms with E-state index in [0.29, 0.717) is 18.1 Å². The summed E-state index contributed by atoms with van der Waals surface area (Å²) in [6.07, 6.45) is 2.36. The molecule has 2 aromatic heterocycles. The van der Waals surface area contributed by atoms with E-state index in [0.717, 1.165) is 5.82 Å². The van der Waals surface area contributed by atoms with Crippen LogP contribution in [0.1, 0.15) is 50.9 Å². The second kappa shape index (κ2) is 6.38. The van der Waals surface area contributed by atoms with E-state index in [1.807, 2.05) is 27.7 Å². The van der Waals surface area contributed by atoms with Gasteiger partial charge in [-0.25, -0.2) is 14.5 Å². The van der Waals surface area contributed by atoms with Crippen molar-refractivity contribution in [1.29, 1.82) is 0 Å². The van der Waals surface area contributed by atoms with Crippen molar-refractivity contribution in [3.05, 3.63) is 23.9 Å². The maximum absolute atomic E-state index is 12.1. The first kappa shape index (κ1) is 15.0. The second-order valence-corrected chi connectivity index (χ2v) is 5.09. The van der Waals surface area contributed by atoms with Crippen molar-refractivity contribution >= 4 is 11.8 Å². The fraction of sp³-hybridized carbons (Fsp3) is 0.538. The minimum Gasteiger partial charge on any atom is -0.328 e. The van der Waals surface area contributed by atoms with Crippen LogP contribution in [0.25, 0.3) is 0 Å². The minimum atomic E-state index is -0.299. The van der Waals surface area contributed by atoms with Crippen LogP contribution in [0, 0.1) is 6.92 Å². The van der Waals surface area contributed by atoms with Crippen LogP contribution < -0.4 is 10.6 Å². The fourth-order valence-corrected chi connectivity index (χ4v) is 2.00. The first-order chi connectivity index (χ1) is 10.0. The molecule has 0 aliphatic rings. The molecule has 8 nitrogen and oxygen atoms in total. The van der Waals surface area contributed by atoms with E-state index < -0.39 is 0 Å². The summed E-state index contributed by atoms with van der Waals surface area (Å²) in [7, 11) is 0. The van der Waals surface area contributed by atoms with Gasteiger partial charge >= 0.3 is 6.03 Å². The number of aromatic nitrogens is 5. The van der Waals surface area contributed by atoms with Crippen LogP contribution in [0.4, 0.5) is 10.6 Å². The van der Waals surface area contributed by atoms with Crippen LogP contribution in [-0.4, -0.2) is 31.0 Å². The van der Waals surface area contributed by atoms with E-state index in [1.165, 1.54) is 0 Å². The van der Waals surface area contributed by atoms with Crippen LogP contribution in [0.5, 0.6) is 0 Å². The number of carbonyl (C=O) groups is 1. The first-order valence-corrected chi connectivity index (χ1v) is 7.01. The van der Waals surface area contributed by atoms with Crippen LogP contribution in [-0.2, 0) is 0 Å². The van der Waals surface area contributed by atoms with Gasteiger partial charge in [-0.1, -0.05) is 6.92 Å². The Bertz CT molecular complexity index is 601. The summed E-state index contributed by atoms with van der Waals surface area (Å²) in [5, 5.41) is 16.7. The molecule has 0 spiro atoms. The number of aromatic amines is 1. The number of carbonyl (C=O) groups excluding carboxylic acids is 1. The zero-order valence-electron chi connectivity index (χ0n) is 12.7. The highest BCUT2D eigenvalue weighted by Gasteiger charge is 2.18. The summed E-state index contributed by atoms with van der Waals surface area (Å²) >= 11 is 0. The zero-order valence-corrected chi connectivity index (χ0v) is 12.7. The summed E-state index contributed by atoms with van der Waals surface area (Å²) in [5.74, 6) is 1.97. The van der Waals surface area contributed by atoms with Crippen molar-refractivity contribution in [2.75, 3.05) is 5.32 Å². The van der Waals surface area contributed by atoms with Crippen LogP contribution in [0.3, 0.4) is 0 Å². The third-order valence-electron chi connectivity index (χ3n) is 3.04. The average molecular weight is 291 g/mol. The number of anilines is 1. The molecule has 0 aliphatic carbocycles. The number of nitrogens with zero attached hydrogens (tertiary/aromatic N) is 4. The first-order valence-electron chi connectivity index (χ1n) is 7.01. The molecule has 0 saturated heterocycles. The SMILES string of the molecule is CCC(NC(=O)Nc1ccnn1C(C)C)c1n[nH]c(C)n1. The molecule has 2 amide bonds. The lowest BCUT2D eigenvalue weighted by atomic mass is 10.2. The summed E-state index contributed by atoms with van der Waals surface area (Å²) in [6, 6.07) is 1.40. The summed E-state index contributed by atoms with van der Waals surface area (Å²) < 4.78 is 1.75. The van der Waals surface area contributed by atoms with E-state index in [2.05, 4.69) is 30.9 Å². The van der Waals surface area contributed by atoms with Crippen molar-refractivity contribution in [3.63, 3.8) is 0 Å². The van der Waals surface area contributed by atoms with Gasteiger partial charge in [0.05, 0.1) is 12.2 Å². The Labute approximate surface area is 123 Å². The Morgan fingerprint density at radius 1 is 1.48 bits per heavy atom. The van der Waals surface area contributed by atoms with Crippen molar-refractivity contribution in [2.45, 2.75) is 46.2 Å². The Morgan fingerprint density at radius 2 is 2.24 bits per heavy atom. The predicted octanol–water partition coefficient (Wildman–Crippen LogP) is 2.16. The van der Waals surface area contributed by atoms with Gasteiger partial charge in [-0.3, -0.25) is 10.4 Å². The molecule has 1 unspecified atom stereocenters. The second-order valence-electron chi connectivity index (χ2n) is 5.09. The van der Waals surface area contributed by atoms with Gasteiger partial charge in [0.2, 0.25) is 0 Å². The van der Waals surface area contributed by atoms with Gasteiger partial charge in [0, 0.05) is 12.1 Å². The average Bonchev–Trinajstić information content (AvgIpc) is 3.05. The molecule has 2 rings (SSSR count). The topological polar surface area (TPSA) is 101 Å². The number of aryl methyl sites for hydroxylation is 1. The van der Waals surface area contributed by atoms with E-state index in [-0.39, 0.29) is 18.1 Å².